The molecular weight excluding hydrogens is 236 g/mol. The zero-order valence-corrected chi connectivity index (χ0v) is 10.4. The van der Waals surface area contributed by atoms with E-state index in [2.05, 4.69) is 4.74 Å². The molecule has 0 amide bonds. The van der Waals surface area contributed by atoms with Crippen LogP contribution in [-0.2, 0) is 20.0 Å². The summed E-state index contributed by atoms with van der Waals surface area (Å²) in [6.45, 7) is 3.00. The van der Waals surface area contributed by atoms with Gasteiger partial charge in [-0.1, -0.05) is 0 Å². The maximum absolute atomic E-state index is 11.5. The molecule has 0 bridgehead atoms. The lowest BCUT2D eigenvalue weighted by Crippen LogP contribution is -2.35. The second-order valence-electron chi connectivity index (χ2n) is 4.22. The van der Waals surface area contributed by atoms with Crippen LogP contribution in [0.25, 0.3) is 0 Å². The topological polar surface area (TPSA) is 65.0 Å². The van der Waals surface area contributed by atoms with Gasteiger partial charge in [-0.15, -0.1) is 0 Å². The Labute approximate surface area is 105 Å². The lowest BCUT2D eigenvalue weighted by atomic mass is 10.0. The number of phenolic OH excluding ortho intramolecular Hbond substituents is 1. The number of rotatable bonds is 2. The zero-order chi connectivity index (χ0) is 13.2. The van der Waals surface area contributed by atoms with Crippen LogP contribution < -0.4 is 0 Å². The Bertz CT molecular complexity index is 449. The normalized spacial score (nSPS) is 18.3. The van der Waals surface area contributed by atoms with E-state index in [4.69, 9.17) is 9.47 Å². The average molecular weight is 252 g/mol. The molecule has 18 heavy (non-hydrogen) atoms. The van der Waals surface area contributed by atoms with Gasteiger partial charge >= 0.3 is 5.97 Å². The second kappa shape index (κ2) is 4.96. The van der Waals surface area contributed by atoms with Gasteiger partial charge in [-0.25, -0.2) is 4.79 Å². The van der Waals surface area contributed by atoms with Gasteiger partial charge in [-0.05, 0) is 31.5 Å². The molecule has 2 rings (SSSR count). The maximum Gasteiger partial charge on any atom is 0.341 e. The second-order valence-corrected chi connectivity index (χ2v) is 4.22. The van der Waals surface area contributed by atoms with Crippen molar-refractivity contribution in [3.05, 3.63) is 29.3 Å². The highest BCUT2D eigenvalue weighted by molar-refractivity contribution is 5.92. The number of carbonyl (C=O) groups is 1. The number of phenols is 1. The molecule has 0 aromatic heterocycles. The van der Waals surface area contributed by atoms with Crippen LogP contribution in [0.15, 0.2) is 18.2 Å². The predicted octanol–water partition coefficient (Wildman–Crippen LogP) is 1.79. The van der Waals surface area contributed by atoms with Crippen LogP contribution >= 0.6 is 0 Å². The Morgan fingerprint density at radius 3 is 2.67 bits per heavy atom. The van der Waals surface area contributed by atoms with Crippen LogP contribution in [-0.4, -0.2) is 31.4 Å². The molecule has 5 heteroatoms. The Kier molecular flexibility index (Phi) is 3.54. The standard InChI is InChI=1S/C13H16O5/c1-13(17-6-3-7-18-13)9-4-5-11(14)10(8-9)12(15)16-2/h4-5,8,14H,3,6-7H2,1-2H3. The van der Waals surface area contributed by atoms with E-state index in [1.165, 1.54) is 19.2 Å². The van der Waals surface area contributed by atoms with Gasteiger partial charge in [0.1, 0.15) is 11.3 Å². The quantitative estimate of drug-likeness (QED) is 0.813. The summed E-state index contributed by atoms with van der Waals surface area (Å²) >= 11 is 0. The van der Waals surface area contributed by atoms with Crippen molar-refractivity contribution in [3.8, 4) is 5.75 Å². The Balaban J connectivity index is 2.37. The number of ether oxygens (including phenoxy) is 3. The lowest BCUT2D eigenvalue weighted by Gasteiger charge is -2.34. The number of aromatic hydroxyl groups is 1. The number of methoxy groups -OCH3 is 1. The van der Waals surface area contributed by atoms with Crippen molar-refractivity contribution >= 4 is 5.97 Å². The average Bonchev–Trinajstić information content (AvgIpc) is 2.39. The third-order valence-electron chi connectivity index (χ3n) is 2.97. The minimum absolute atomic E-state index is 0.106. The van der Waals surface area contributed by atoms with Crippen molar-refractivity contribution in [2.24, 2.45) is 0 Å². The summed E-state index contributed by atoms with van der Waals surface area (Å²) in [5.74, 6) is -1.59. The minimum Gasteiger partial charge on any atom is -0.507 e. The van der Waals surface area contributed by atoms with Crippen LogP contribution in [0.1, 0.15) is 29.3 Å². The third-order valence-corrected chi connectivity index (χ3v) is 2.97. The molecule has 1 aliphatic heterocycles. The summed E-state index contributed by atoms with van der Waals surface area (Å²) in [6, 6.07) is 4.65. The minimum atomic E-state index is -0.880. The molecule has 1 heterocycles. The maximum atomic E-state index is 11.5. The molecule has 0 unspecified atom stereocenters. The lowest BCUT2D eigenvalue weighted by molar-refractivity contribution is -0.264. The summed E-state index contributed by atoms with van der Waals surface area (Å²) in [4.78, 5) is 11.5. The molecule has 1 fully saturated rings. The SMILES string of the molecule is COC(=O)c1cc(C2(C)OCCCO2)ccc1O. The number of hydrogen-bond donors (Lipinski definition) is 1. The number of carbonyl (C=O) groups excluding carboxylic acids is 1. The van der Waals surface area contributed by atoms with E-state index in [1.807, 2.05) is 0 Å². The Morgan fingerprint density at radius 2 is 2.06 bits per heavy atom. The molecule has 0 saturated carbocycles. The largest absolute Gasteiger partial charge is 0.507 e. The van der Waals surface area contributed by atoms with E-state index in [1.54, 1.807) is 13.0 Å². The molecule has 1 saturated heterocycles. The molecule has 5 nitrogen and oxygen atoms in total. The molecule has 1 aromatic carbocycles. The van der Waals surface area contributed by atoms with Crippen molar-refractivity contribution < 1.29 is 24.1 Å². The van der Waals surface area contributed by atoms with Gasteiger partial charge in [0.2, 0.25) is 0 Å². The first-order valence-corrected chi connectivity index (χ1v) is 5.76. The fraction of sp³-hybridized carbons (Fsp3) is 0.462. The first-order chi connectivity index (χ1) is 8.57. The fourth-order valence-electron chi connectivity index (χ4n) is 1.89. The van der Waals surface area contributed by atoms with E-state index in [-0.39, 0.29) is 11.3 Å². The number of esters is 1. The fourth-order valence-corrected chi connectivity index (χ4v) is 1.89. The smallest absolute Gasteiger partial charge is 0.341 e. The van der Waals surface area contributed by atoms with E-state index < -0.39 is 11.8 Å². The third kappa shape index (κ3) is 2.32. The molecule has 0 atom stereocenters. The van der Waals surface area contributed by atoms with Crippen LogP contribution in [0.5, 0.6) is 5.75 Å². The summed E-state index contributed by atoms with van der Waals surface area (Å²) in [5.41, 5.74) is 0.786. The van der Waals surface area contributed by atoms with Crippen molar-refractivity contribution in [1.82, 2.24) is 0 Å². The molecule has 0 radical (unpaired) electrons. The van der Waals surface area contributed by atoms with Gasteiger partial charge in [0, 0.05) is 5.56 Å². The molecule has 1 aromatic rings. The molecule has 98 valence electrons. The monoisotopic (exact) mass is 252 g/mol. The highest BCUT2D eigenvalue weighted by atomic mass is 16.7. The van der Waals surface area contributed by atoms with Crippen LogP contribution in [0.3, 0.4) is 0 Å². The summed E-state index contributed by atoms with van der Waals surface area (Å²) in [7, 11) is 1.27. The molecule has 0 spiro atoms. The Hall–Kier alpha value is -1.59. The van der Waals surface area contributed by atoms with Gasteiger partial charge < -0.3 is 19.3 Å². The van der Waals surface area contributed by atoms with Gasteiger partial charge in [-0.2, -0.15) is 0 Å². The van der Waals surface area contributed by atoms with Gasteiger partial charge in [0.25, 0.3) is 0 Å². The molecule has 0 aliphatic carbocycles. The van der Waals surface area contributed by atoms with Gasteiger partial charge in [0.05, 0.1) is 20.3 Å². The highest BCUT2D eigenvalue weighted by Crippen LogP contribution is 2.32. The number of benzene rings is 1. The van der Waals surface area contributed by atoms with Crippen molar-refractivity contribution in [2.75, 3.05) is 20.3 Å². The number of hydrogen-bond acceptors (Lipinski definition) is 5. The Morgan fingerprint density at radius 1 is 1.39 bits per heavy atom. The van der Waals surface area contributed by atoms with E-state index in [0.29, 0.717) is 18.8 Å². The van der Waals surface area contributed by atoms with Crippen molar-refractivity contribution in [3.63, 3.8) is 0 Å². The van der Waals surface area contributed by atoms with Crippen LogP contribution in [0, 0.1) is 0 Å². The zero-order valence-electron chi connectivity index (χ0n) is 10.4. The first-order valence-electron chi connectivity index (χ1n) is 5.76. The summed E-state index contributed by atoms with van der Waals surface area (Å²) in [6.07, 6.45) is 0.845. The van der Waals surface area contributed by atoms with Crippen molar-refractivity contribution in [2.45, 2.75) is 19.1 Å². The van der Waals surface area contributed by atoms with Crippen LogP contribution in [0.4, 0.5) is 0 Å². The van der Waals surface area contributed by atoms with Crippen molar-refractivity contribution in [1.29, 1.82) is 0 Å². The first kappa shape index (κ1) is 12.9. The van der Waals surface area contributed by atoms with E-state index in [0.717, 1.165) is 6.42 Å². The van der Waals surface area contributed by atoms with Gasteiger partial charge in [0.15, 0.2) is 5.79 Å². The van der Waals surface area contributed by atoms with E-state index >= 15 is 0 Å². The molecule has 1 aliphatic rings. The van der Waals surface area contributed by atoms with E-state index in [9.17, 15) is 9.90 Å². The van der Waals surface area contributed by atoms with Gasteiger partial charge in [-0.3, -0.25) is 0 Å². The predicted molar refractivity (Wildman–Crippen MR) is 63.3 cm³/mol. The van der Waals surface area contributed by atoms with Crippen LogP contribution in [0.2, 0.25) is 0 Å². The molecular formula is C13H16O5. The summed E-state index contributed by atoms with van der Waals surface area (Å²) in [5, 5.41) is 9.64. The molecule has 1 N–H and O–H groups in total. The summed E-state index contributed by atoms with van der Waals surface area (Å²) < 4.78 is 15.8. The highest BCUT2D eigenvalue weighted by Gasteiger charge is 2.32.